The van der Waals surface area contributed by atoms with E-state index in [1.165, 1.54) is 0 Å². The lowest BCUT2D eigenvalue weighted by Crippen LogP contribution is -2.05. The van der Waals surface area contributed by atoms with Gasteiger partial charge in [0, 0.05) is 0 Å². The first-order valence-electron chi connectivity index (χ1n) is 3.31. The summed E-state index contributed by atoms with van der Waals surface area (Å²) < 4.78 is 10.7. The summed E-state index contributed by atoms with van der Waals surface area (Å²) >= 11 is 0. The topological polar surface area (TPSA) is 94.8 Å². The van der Waals surface area contributed by atoms with E-state index in [0.29, 0.717) is 0 Å². The maximum Gasteiger partial charge on any atom is 0.356 e. The number of rotatable bonds is 2. The van der Waals surface area contributed by atoms with Crippen molar-refractivity contribution < 1.29 is 24.3 Å². The summed E-state index contributed by atoms with van der Waals surface area (Å²) in [5.41, 5.74) is -0.00259. The zero-order valence-corrected chi connectivity index (χ0v) is 7.31. The molecule has 0 aliphatic heterocycles. The van der Waals surface area contributed by atoms with Crippen LogP contribution in [0.4, 0.5) is 0 Å². The fraction of sp³-hybridized carbons (Fsp3) is 0. The molecular formula is C7H7O5P. The monoisotopic (exact) mass is 202 g/mol. The van der Waals surface area contributed by atoms with Gasteiger partial charge in [-0.15, -0.1) is 0 Å². The van der Waals surface area contributed by atoms with E-state index in [1.54, 1.807) is 0 Å². The van der Waals surface area contributed by atoms with Gasteiger partial charge in [0.25, 0.3) is 0 Å². The van der Waals surface area contributed by atoms with Gasteiger partial charge in [-0.3, -0.25) is 4.57 Å². The van der Waals surface area contributed by atoms with Crippen LogP contribution in [0.2, 0.25) is 0 Å². The van der Waals surface area contributed by atoms with Crippen molar-refractivity contribution in [2.24, 2.45) is 0 Å². The van der Waals surface area contributed by atoms with Gasteiger partial charge < -0.3 is 14.9 Å². The molecule has 0 aliphatic rings. The van der Waals surface area contributed by atoms with Gasteiger partial charge in [-0.25, -0.2) is 4.79 Å². The van der Waals surface area contributed by atoms with Crippen molar-refractivity contribution in [1.82, 2.24) is 0 Å². The Bertz CT molecular complexity index is 363. The van der Waals surface area contributed by atoms with Crippen LogP contribution in [0.25, 0.3) is 0 Å². The Kier molecular flexibility index (Phi) is 2.52. The van der Waals surface area contributed by atoms with Gasteiger partial charge in [0.05, 0.1) is 10.9 Å². The summed E-state index contributed by atoms with van der Waals surface area (Å²) in [6.07, 6.45) is 0. The van der Waals surface area contributed by atoms with E-state index < -0.39 is 13.6 Å². The van der Waals surface area contributed by atoms with Crippen LogP contribution < -0.4 is 5.30 Å². The van der Waals surface area contributed by atoms with Gasteiger partial charge in [-0.2, -0.15) is 0 Å². The molecule has 0 spiro atoms. The summed E-state index contributed by atoms with van der Waals surface area (Å²) in [4.78, 5) is 27.7. The Morgan fingerprint density at radius 1 is 1.15 bits per heavy atom. The van der Waals surface area contributed by atoms with Crippen molar-refractivity contribution >= 4 is 18.9 Å². The highest BCUT2D eigenvalue weighted by Crippen LogP contribution is 2.32. The molecular weight excluding hydrogens is 195 g/mol. The molecule has 0 aromatic heterocycles. The molecule has 1 aromatic rings. The van der Waals surface area contributed by atoms with Crippen LogP contribution in [0.1, 0.15) is 10.4 Å². The number of hydrogen-bond donors (Lipinski definition) is 3. The maximum atomic E-state index is 10.7. The van der Waals surface area contributed by atoms with Gasteiger partial charge in [0.15, 0.2) is 0 Å². The van der Waals surface area contributed by atoms with Gasteiger partial charge in [0.2, 0.25) is 0 Å². The predicted molar refractivity (Wildman–Crippen MR) is 45.1 cm³/mol. The SMILES string of the molecule is O=C(O)c1ccc(P(=O)(O)O)cc1. The molecule has 3 N–H and O–H groups in total. The standard InChI is InChI=1S/C7H7O5P/c8-7(9)5-1-3-6(4-2-5)13(10,11)12/h1-4H,(H,8,9)(H2,10,11,12). The third-order valence-corrected chi connectivity index (χ3v) is 2.42. The molecule has 0 saturated carbocycles. The maximum absolute atomic E-state index is 10.7. The Morgan fingerprint density at radius 3 is 1.92 bits per heavy atom. The third kappa shape index (κ3) is 2.39. The second kappa shape index (κ2) is 3.30. The molecule has 0 bridgehead atoms. The lowest BCUT2D eigenvalue weighted by Gasteiger charge is -2.02. The van der Waals surface area contributed by atoms with Crippen LogP contribution in [0.5, 0.6) is 0 Å². The Morgan fingerprint density at radius 2 is 1.62 bits per heavy atom. The quantitative estimate of drug-likeness (QED) is 0.595. The van der Waals surface area contributed by atoms with Crippen LogP contribution in [0.3, 0.4) is 0 Å². The average molecular weight is 202 g/mol. The van der Waals surface area contributed by atoms with Crippen molar-refractivity contribution in [2.45, 2.75) is 0 Å². The van der Waals surface area contributed by atoms with Crippen LogP contribution in [0, 0.1) is 0 Å². The molecule has 0 atom stereocenters. The minimum atomic E-state index is -4.26. The van der Waals surface area contributed by atoms with E-state index in [2.05, 4.69) is 0 Å². The fourth-order valence-corrected chi connectivity index (χ4v) is 1.34. The van der Waals surface area contributed by atoms with Gasteiger partial charge in [0.1, 0.15) is 0 Å². The smallest absolute Gasteiger partial charge is 0.356 e. The van der Waals surface area contributed by atoms with Gasteiger partial charge in [-0.05, 0) is 24.3 Å². The highest BCUT2D eigenvalue weighted by atomic mass is 31.2. The minimum absolute atomic E-state index is 0.00259. The number of carboxylic acid groups (broad SMARTS) is 1. The zero-order valence-electron chi connectivity index (χ0n) is 6.41. The summed E-state index contributed by atoms with van der Waals surface area (Å²) in [5.74, 6) is -1.13. The second-order valence-electron chi connectivity index (χ2n) is 2.40. The van der Waals surface area contributed by atoms with E-state index in [0.717, 1.165) is 24.3 Å². The average Bonchev–Trinajstić information content (AvgIpc) is 2.03. The summed E-state index contributed by atoms with van der Waals surface area (Å²) in [7, 11) is -4.26. The van der Waals surface area contributed by atoms with Crippen molar-refractivity contribution in [3.05, 3.63) is 29.8 Å². The first-order chi connectivity index (χ1) is 5.91. The van der Waals surface area contributed by atoms with Gasteiger partial charge >= 0.3 is 13.6 Å². The van der Waals surface area contributed by atoms with Crippen LogP contribution >= 0.6 is 7.60 Å². The highest BCUT2D eigenvalue weighted by molar-refractivity contribution is 7.60. The van der Waals surface area contributed by atoms with Crippen molar-refractivity contribution in [2.75, 3.05) is 0 Å². The fourth-order valence-electron chi connectivity index (χ4n) is 0.798. The van der Waals surface area contributed by atoms with E-state index in [1.807, 2.05) is 0 Å². The molecule has 1 aromatic carbocycles. The Hall–Kier alpha value is -1.16. The highest BCUT2D eigenvalue weighted by Gasteiger charge is 2.16. The number of aromatic carboxylic acids is 1. The van der Waals surface area contributed by atoms with Crippen molar-refractivity contribution in [3.8, 4) is 0 Å². The predicted octanol–water partition coefficient (Wildman–Crippen LogP) is 0.188. The van der Waals surface area contributed by atoms with E-state index in [9.17, 15) is 9.36 Å². The minimum Gasteiger partial charge on any atom is -0.478 e. The molecule has 0 fully saturated rings. The van der Waals surface area contributed by atoms with E-state index >= 15 is 0 Å². The summed E-state index contributed by atoms with van der Waals surface area (Å²) in [6.45, 7) is 0. The summed E-state index contributed by atoms with van der Waals surface area (Å²) in [5, 5.41) is 8.30. The molecule has 1 rings (SSSR count). The zero-order chi connectivity index (χ0) is 10.1. The van der Waals surface area contributed by atoms with Crippen molar-refractivity contribution in [3.63, 3.8) is 0 Å². The lowest BCUT2D eigenvalue weighted by atomic mass is 10.2. The largest absolute Gasteiger partial charge is 0.478 e. The van der Waals surface area contributed by atoms with Gasteiger partial charge in [-0.1, -0.05) is 0 Å². The van der Waals surface area contributed by atoms with E-state index in [4.69, 9.17) is 14.9 Å². The van der Waals surface area contributed by atoms with Crippen LogP contribution in [-0.2, 0) is 4.57 Å². The number of hydrogen-bond acceptors (Lipinski definition) is 2. The molecule has 0 radical (unpaired) electrons. The molecule has 5 nitrogen and oxygen atoms in total. The Labute approximate surface area is 73.8 Å². The number of benzene rings is 1. The molecule has 13 heavy (non-hydrogen) atoms. The van der Waals surface area contributed by atoms with Crippen LogP contribution in [-0.4, -0.2) is 20.9 Å². The number of carboxylic acids is 1. The number of carbonyl (C=O) groups is 1. The molecule has 0 amide bonds. The first-order valence-corrected chi connectivity index (χ1v) is 4.92. The molecule has 0 aliphatic carbocycles. The first kappa shape index (κ1) is 9.92. The Balaban J connectivity index is 3.08. The lowest BCUT2D eigenvalue weighted by molar-refractivity contribution is 0.0697. The van der Waals surface area contributed by atoms with E-state index in [-0.39, 0.29) is 10.9 Å². The molecule has 0 saturated heterocycles. The van der Waals surface area contributed by atoms with Crippen LogP contribution in [0.15, 0.2) is 24.3 Å². The molecule has 0 unspecified atom stereocenters. The molecule has 70 valence electrons. The van der Waals surface area contributed by atoms with Crippen molar-refractivity contribution in [1.29, 1.82) is 0 Å². The molecule has 6 heteroatoms. The summed E-state index contributed by atoms with van der Waals surface area (Å²) in [6, 6.07) is 4.50. The second-order valence-corrected chi connectivity index (χ2v) is 4.00. The normalized spacial score (nSPS) is 11.2. The third-order valence-electron chi connectivity index (χ3n) is 1.45. The molecule has 0 heterocycles.